The van der Waals surface area contributed by atoms with Gasteiger partial charge in [-0.3, -0.25) is 0 Å². The zero-order valence-corrected chi connectivity index (χ0v) is 31.2. The molecule has 0 N–H and O–H groups in total. The molecule has 0 aliphatic carbocycles. The van der Waals surface area contributed by atoms with Crippen LogP contribution in [0.4, 0.5) is 17.1 Å². The first-order chi connectivity index (χ1) is 29.9. The van der Waals surface area contributed by atoms with E-state index in [1.807, 2.05) is 102 Å². The molecular formula is C56H39N. The SMILES string of the molecule is [2H]c1c([2H])c(N(c2ccc(-c3ccc4ccccc4c3)cc2)c2ccc(-c3ccc4ccccc4c3-c3ccccc3)cc2)c([2H])c([2H])c1-c1ccc(-c2ccccc2)cc1. The molecule has 1 nitrogen and oxygen atoms in total. The number of rotatable bonds is 8. The highest BCUT2D eigenvalue weighted by Crippen LogP contribution is 2.41. The first-order valence-corrected chi connectivity index (χ1v) is 19.3. The summed E-state index contributed by atoms with van der Waals surface area (Å²) in [5, 5.41) is 4.67. The maximum absolute atomic E-state index is 9.53. The Morgan fingerprint density at radius 3 is 1.40 bits per heavy atom. The lowest BCUT2D eigenvalue weighted by Crippen LogP contribution is -2.09. The van der Waals surface area contributed by atoms with Crippen LogP contribution in [0, 0.1) is 0 Å². The standard InChI is InChI=1S/C56H39N/c1-3-11-40(12-4-1)42-19-21-43(22-20-42)44-25-32-51(33-26-44)57(52-34-27-45(28-35-52)50-24-23-41-13-7-8-17-49(41)39-50)53-36-29-47(30-37-53)55-38-31-46-14-9-10-18-54(46)56(55)48-15-5-2-6-16-48/h1-39H/i25D,26D,32D,33D. The number of hydrogen-bond donors (Lipinski definition) is 0. The van der Waals surface area contributed by atoms with Gasteiger partial charge in [0, 0.05) is 17.1 Å². The number of hydrogen-bond acceptors (Lipinski definition) is 1. The van der Waals surface area contributed by atoms with E-state index in [9.17, 15) is 5.48 Å². The summed E-state index contributed by atoms with van der Waals surface area (Å²) in [5.74, 6) is 0. The van der Waals surface area contributed by atoms with Crippen LogP contribution in [0.15, 0.2) is 236 Å². The van der Waals surface area contributed by atoms with Gasteiger partial charge in [-0.1, -0.05) is 194 Å². The molecular weight excluding hydrogens is 687 g/mol. The van der Waals surface area contributed by atoms with Crippen LogP contribution < -0.4 is 4.90 Å². The summed E-state index contributed by atoms with van der Waals surface area (Å²) < 4.78 is 37.8. The molecule has 10 aromatic carbocycles. The molecule has 0 fully saturated rings. The van der Waals surface area contributed by atoms with Gasteiger partial charge in [0.1, 0.15) is 0 Å². The third-order valence-electron chi connectivity index (χ3n) is 10.8. The molecule has 0 saturated carbocycles. The summed E-state index contributed by atoms with van der Waals surface area (Å²) in [6, 6.07) is 71.6. The quantitative estimate of drug-likeness (QED) is 0.151. The van der Waals surface area contributed by atoms with E-state index < -0.39 is 0 Å². The minimum atomic E-state index is -0.119. The molecule has 10 aromatic rings. The first kappa shape index (κ1) is 29.8. The van der Waals surface area contributed by atoms with E-state index in [1.165, 1.54) is 16.2 Å². The molecule has 0 aromatic heterocycles. The van der Waals surface area contributed by atoms with Gasteiger partial charge >= 0.3 is 0 Å². The molecule has 0 spiro atoms. The van der Waals surface area contributed by atoms with Crippen molar-refractivity contribution in [2.45, 2.75) is 0 Å². The largest absolute Gasteiger partial charge is 0.311 e. The van der Waals surface area contributed by atoms with E-state index in [-0.39, 0.29) is 35.4 Å². The first-order valence-electron chi connectivity index (χ1n) is 21.3. The number of anilines is 3. The molecule has 1 heteroatoms. The highest BCUT2D eigenvalue weighted by Gasteiger charge is 2.16. The monoisotopic (exact) mass is 729 g/mol. The summed E-state index contributed by atoms with van der Waals surface area (Å²) in [6.45, 7) is 0. The molecule has 0 atom stereocenters. The fourth-order valence-electron chi connectivity index (χ4n) is 7.82. The summed E-state index contributed by atoms with van der Waals surface area (Å²) in [4.78, 5) is 1.86. The highest BCUT2D eigenvalue weighted by molar-refractivity contribution is 6.04. The third-order valence-corrected chi connectivity index (χ3v) is 10.8. The molecule has 0 radical (unpaired) electrons. The molecule has 0 amide bonds. The molecule has 0 aliphatic heterocycles. The predicted molar refractivity (Wildman–Crippen MR) is 243 cm³/mol. The van der Waals surface area contributed by atoms with Crippen LogP contribution in [-0.4, -0.2) is 0 Å². The Kier molecular flexibility index (Phi) is 7.84. The Morgan fingerprint density at radius 2 is 0.737 bits per heavy atom. The summed E-state index contributed by atoms with van der Waals surface area (Å²) in [6.07, 6.45) is 0. The number of benzene rings is 10. The van der Waals surface area contributed by atoms with Crippen molar-refractivity contribution in [2.24, 2.45) is 0 Å². The van der Waals surface area contributed by atoms with Crippen LogP contribution in [0.3, 0.4) is 0 Å². The average Bonchev–Trinajstić information content (AvgIpc) is 3.33. The molecule has 0 bridgehead atoms. The van der Waals surface area contributed by atoms with Crippen LogP contribution in [0.25, 0.3) is 77.2 Å². The molecule has 0 saturated heterocycles. The Bertz CT molecular complexity index is 3170. The van der Waals surface area contributed by atoms with Crippen LogP contribution in [0.1, 0.15) is 5.48 Å². The van der Waals surface area contributed by atoms with Crippen molar-refractivity contribution in [1.29, 1.82) is 0 Å². The molecule has 268 valence electrons. The number of nitrogens with zero attached hydrogens (tertiary/aromatic N) is 1. The van der Waals surface area contributed by atoms with Gasteiger partial charge in [-0.15, -0.1) is 0 Å². The Morgan fingerprint density at radius 1 is 0.281 bits per heavy atom. The van der Waals surface area contributed by atoms with Gasteiger partial charge in [0.25, 0.3) is 0 Å². The average molecular weight is 730 g/mol. The van der Waals surface area contributed by atoms with Gasteiger partial charge in [-0.25, -0.2) is 0 Å². The highest BCUT2D eigenvalue weighted by atomic mass is 15.1. The van der Waals surface area contributed by atoms with Gasteiger partial charge in [0.15, 0.2) is 0 Å². The molecule has 0 heterocycles. The van der Waals surface area contributed by atoms with Crippen molar-refractivity contribution in [3.63, 3.8) is 0 Å². The van der Waals surface area contributed by atoms with Crippen molar-refractivity contribution in [3.8, 4) is 55.6 Å². The zero-order chi connectivity index (χ0) is 41.5. The topological polar surface area (TPSA) is 3.24 Å². The predicted octanol–water partition coefficient (Wildman–Crippen LogP) is 15.8. The van der Waals surface area contributed by atoms with Crippen LogP contribution in [-0.2, 0) is 0 Å². The minimum absolute atomic E-state index is 0.0958. The normalized spacial score (nSPS) is 12.1. The van der Waals surface area contributed by atoms with Gasteiger partial charge in [0.05, 0.1) is 5.48 Å². The lowest BCUT2D eigenvalue weighted by Gasteiger charge is -2.26. The maximum atomic E-state index is 9.53. The van der Waals surface area contributed by atoms with Crippen LogP contribution in [0.2, 0.25) is 0 Å². The van der Waals surface area contributed by atoms with Crippen molar-refractivity contribution in [2.75, 3.05) is 4.90 Å². The van der Waals surface area contributed by atoms with Crippen molar-refractivity contribution >= 4 is 38.6 Å². The Hall–Kier alpha value is -7.48. The smallest absolute Gasteiger partial charge is 0.0645 e. The van der Waals surface area contributed by atoms with E-state index in [1.54, 1.807) is 0 Å². The van der Waals surface area contributed by atoms with Crippen LogP contribution in [0.5, 0.6) is 0 Å². The van der Waals surface area contributed by atoms with Crippen molar-refractivity contribution in [3.05, 3.63) is 236 Å². The lowest BCUT2D eigenvalue weighted by molar-refractivity contribution is 1.28. The zero-order valence-electron chi connectivity index (χ0n) is 35.2. The van der Waals surface area contributed by atoms with Gasteiger partial charge in [-0.2, -0.15) is 0 Å². The second kappa shape index (κ2) is 15.0. The minimum Gasteiger partial charge on any atom is -0.311 e. The summed E-state index contributed by atoms with van der Waals surface area (Å²) in [5.41, 5.74) is 11.1. The van der Waals surface area contributed by atoms with Gasteiger partial charge < -0.3 is 4.90 Å². The fraction of sp³-hybridized carbons (Fsp3) is 0. The van der Waals surface area contributed by atoms with E-state index >= 15 is 0 Å². The number of fused-ring (bicyclic) bond motifs is 2. The van der Waals surface area contributed by atoms with Crippen LogP contribution >= 0.6 is 0 Å². The van der Waals surface area contributed by atoms with Gasteiger partial charge in [0.2, 0.25) is 0 Å². The molecule has 10 rings (SSSR count). The third kappa shape index (κ3) is 6.77. The Balaban J connectivity index is 1.10. The fourth-order valence-corrected chi connectivity index (χ4v) is 7.82. The van der Waals surface area contributed by atoms with Crippen molar-refractivity contribution < 1.29 is 5.48 Å². The maximum Gasteiger partial charge on any atom is 0.0645 e. The Labute approximate surface area is 340 Å². The van der Waals surface area contributed by atoms with E-state index in [4.69, 9.17) is 0 Å². The lowest BCUT2D eigenvalue weighted by atomic mass is 9.90. The van der Waals surface area contributed by atoms with E-state index in [0.29, 0.717) is 16.9 Å². The second-order valence-corrected chi connectivity index (χ2v) is 14.2. The molecule has 57 heavy (non-hydrogen) atoms. The summed E-state index contributed by atoms with van der Waals surface area (Å²) >= 11 is 0. The second-order valence-electron chi connectivity index (χ2n) is 14.2. The summed E-state index contributed by atoms with van der Waals surface area (Å²) in [7, 11) is 0. The van der Waals surface area contributed by atoms with E-state index in [2.05, 4.69) is 115 Å². The molecule has 0 unspecified atom stereocenters. The van der Waals surface area contributed by atoms with Gasteiger partial charge in [-0.05, 0) is 120 Å². The van der Waals surface area contributed by atoms with E-state index in [0.717, 1.165) is 49.9 Å². The van der Waals surface area contributed by atoms with Crippen molar-refractivity contribution in [1.82, 2.24) is 0 Å². The molecule has 0 aliphatic rings.